The van der Waals surface area contributed by atoms with Crippen molar-refractivity contribution < 1.29 is 4.74 Å². The summed E-state index contributed by atoms with van der Waals surface area (Å²) in [6.45, 7) is 10.8. The van der Waals surface area contributed by atoms with Gasteiger partial charge in [-0.1, -0.05) is 20.8 Å². The van der Waals surface area contributed by atoms with Gasteiger partial charge >= 0.3 is 0 Å². The first-order chi connectivity index (χ1) is 6.77. The van der Waals surface area contributed by atoms with Crippen LogP contribution in [-0.4, -0.2) is 26.3 Å². The van der Waals surface area contributed by atoms with Crippen molar-refractivity contribution in [2.75, 3.05) is 26.3 Å². The highest BCUT2D eigenvalue weighted by Crippen LogP contribution is 2.02. The molecule has 0 aromatic heterocycles. The second-order valence-corrected chi connectivity index (χ2v) is 4.25. The van der Waals surface area contributed by atoms with E-state index in [0.29, 0.717) is 0 Å². The summed E-state index contributed by atoms with van der Waals surface area (Å²) in [6.07, 6.45) is 4.85. The minimum Gasteiger partial charge on any atom is -0.381 e. The zero-order chi connectivity index (χ0) is 10.6. The van der Waals surface area contributed by atoms with Crippen molar-refractivity contribution in [2.45, 2.75) is 46.5 Å². The van der Waals surface area contributed by atoms with Gasteiger partial charge in [0.2, 0.25) is 0 Å². The highest BCUT2D eigenvalue weighted by Gasteiger charge is 1.94. The largest absolute Gasteiger partial charge is 0.381 e. The molecule has 0 aromatic carbocycles. The van der Waals surface area contributed by atoms with E-state index in [2.05, 4.69) is 26.1 Å². The van der Waals surface area contributed by atoms with Gasteiger partial charge in [-0.3, -0.25) is 0 Å². The number of hydrogen-bond acceptors (Lipinski definition) is 2. The Bertz CT molecular complexity index is 104. The van der Waals surface area contributed by atoms with Gasteiger partial charge in [0, 0.05) is 13.2 Å². The van der Waals surface area contributed by atoms with Crippen LogP contribution >= 0.6 is 0 Å². The SMILES string of the molecule is CCCNCCCOCCCC(C)C. The molecule has 0 unspecified atom stereocenters. The predicted octanol–water partition coefficient (Wildman–Crippen LogP) is 2.83. The Kier molecular flexibility index (Phi) is 10.9. The lowest BCUT2D eigenvalue weighted by molar-refractivity contribution is 0.125. The van der Waals surface area contributed by atoms with E-state index < -0.39 is 0 Å². The van der Waals surface area contributed by atoms with Crippen LogP contribution in [0.15, 0.2) is 0 Å². The van der Waals surface area contributed by atoms with Gasteiger partial charge in [-0.2, -0.15) is 0 Å². The summed E-state index contributed by atoms with van der Waals surface area (Å²) in [7, 11) is 0. The molecular formula is C12H27NO. The van der Waals surface area contributed by atoms with Crippen LogP contribution in [0.25, 0.3) is 0 Å². The smallest absolute Gasteiger partial charge is 0.0478 e. The van der Waals surface area contributed by atoms with Gasteiger partial charge in [-0.25, -0.2) is 0 Å². The Balaban J connectivity index is 2.85. The van der Waals surface area contributed by atoms with Crippen molar-refractivity contribution in [3.8, 4) is 0 Å². The molecule has 0 rings (SSSR count). The maximum absolute atomic E-state index is 5.52. The number of nitrogens with one attached hydrogen (secondary N) is 1. The first-order valence-corrected chi connectivity index (χ1v) is 6.05. The second-order valence-electron chi connectivity index (χ2n) is 4.25. The van der Waals surface area contributed by atoms with Crippen LogP contribution in [0.4, 0.5) is 0 Å². The van der Waals surface area contributed by atoms with Gasteiger partial charge in [0.25, 0.3) is 0 Å². The molecule has 0 saturated carbocycles. The van der Waals surface area contributed by atoms with Crippen LogP contribution in [0.5, 0.6) is 0 Å². The number of ether oxygens (including phenoxy) is 1. The van der Waals surface area contributed by atoms with E-state index in [0.717, 1.165) is 38.6 Å². The fourth-order valence-electron chi connectivity index (χ4n) is 1.30. The average molecular weight is 201 g/mol. The Labute approximate surface area is 89.4 Å². The summed E-state index contributed by atoms with van der Waals surface area (Å²) in [4.78, 5) is 0. The molecule has 0 aliphatic rings. The van der Waals surface area contributed by atoms with Crippen LogP contribution in [0.3, 0.4) is 0 Å². The topological polar surface area (TPSA) is 21.3 Å². The van der Waals surface area contributed by atoms with Gasteiger partial charge in [0.1, 0.15) is 0 Å². The van der Waals surface area contributed by atoms with Gasteiger partial charge in [0.05, 0.1) is 0 Å². The zero-order valence-electron chi connectivity index (χ0n) is 10.1. The van der Waals surface area contributed by atoms with Gasteiger partial charge < -0.3 is 10.1 Å². The van der Waals surface area contributed by atoms with Crippen LogP contribution in [-0.2, 0) is 4.74 Å². The van der Waals surface area contributed by atoms with Gasteiger partial charge in [-0.05, 0) is 44.7 Å². The Hall–Kier alpha value is -0.0800. The molecular weight excluding hydrogens is 174 g/mol. The van der Waals surface area contributed by atoms with E-state index in [9.17, 15) is 0 Å². The Morgan fingerprint density at radius 1 is 1.07 bits per heavy atom. The van der Waals surface area contributed by atoms with Crippen LogP contribution < -0.4 is 5.32 Å². The van der Waals surface area contributed by atoms with Crippen molar-refractivity contribution in [1.82, 2.24) is 5.32 Å². The maximum atomic E-state index is 5.52. The molecule has 0 saturated heterocycles. The minimum atomic E-state index is 0.810. The lowest BCUT2D eigenvalue weighted by Gasteiger charge is -2.06. The third-order valence-electron chi connectivity index (χ3n) is 2.14. The predicted molar refractivity (Wildman–Crippen MR) is 62.7 cm³/mol. The Morgan fingerprint density at radius 3 is 2.43 bits per heavy atom. The molecule has 0 aliphatic heterocycles. The van der Waals surface area contributed by atoms with Crippen LogP contribution in [0, 0.1) is 5.92 Å². The number of rotatable bonds is 10. The fourth-order valence-corrected chi connectivity index (χ4v) is 1.30. The molecule has 0 radical (unpaired) electrons. The highest BCUT2D eigenvalue weighted by atomic mass is 16.5. The molecule has 0 aromatic rings. The molecule has 86 valence electrons. The highest BCUT2D eigenvalue weighted by molar-refractivity contribution is 4.47. The first kappa shape index (κ1) is 13.9. The van der Waals surface area contributed by atoms with E-state index >= 15 is 0 Å². The first-order valence-electron chi connectivity index (χ1n) is 6.05. The van der Waals surface area contributed by atoms with Crippen LogP contribution in [0.2, 0.25) is 0 Å². The van der Waals surface area contributed by atoms with Crippen molar-refractivity contribution in [3.63, 3.8) is 0 Å². The summed E-state index contributed by atoms with van der Waals surface area (Å²) >= 11 is 0. The maximum Gasteiger partial charge on any atom is 0.0478 e. The summed E-state index contributed by atoms with van der Waals surface area (Å²) in [5, 5.41) is 3.36. The lowest BCUT2D eigenvalue weighted by Crippen LogP contribution is -2.17. The molecule has 2 heteroatoms. The van der Waals surface area contributed by atoms with Crippen molar-refractivity contribution >= 4 is 0 Å². The lowest BCUT2D eigenvalue weighted by atomic mass is 10.1. The summed E-state index contributed by atoms with van der Waals surface area (Å²) < 4.78 is 5.52. The molecule has 1 N–H and O–H groups in total. The molecule has 0 fully saturated rings. The molecule has 0 bridgehead atoms. The fraction of sp³-hybridized carbons (Fsp3) is 1.00. The van der Waals surface area contributed by atoms with Gasteiger partial charge in [-0.15, -0.1) is 0 Å². The molecule has 0 amide bonds. The minimum absolute atomic E-state index is 0.810. The molecule has 0 aliphatic carbocycles. The van der Waals surface area contributed by atoms with Gasteiger partial charge in [0.15, 0.2) is 0 Å². The van der Waals surface area contributed by atoms with Crippen molar-refractivity contribution in [1.29, 1.82) is 0 Å². The molecule has 0 atom stereocenters. The normalized spacial score (nSPS) is 11.1. The molecule has 0 spiro atoms. The quantitative estimate of drug-likeness (QED) is 0.549. The third kappa shape index (κ3) is 11.9. The van der Waals surface area contributed by atoms with E-state index in [1.807, 2.05) is 0 Å². The monoisotopic (exact) mass is 201 g/mol. The van der Waals surface area contributed by atoms with E-state index in [4.69, 9.17) is 4.74 Å². The summed E-state index contributed by atoms with van der Waals surface area (Å²) in [5.74, 6) is 0.810. The van der Waals surface area contributed by atoms with Crippen LogP contribution in [0.1, 0.15) is 46.5 Å². The van der Waals surface area contributed by atoms with E-state index in [1.54, 1.807) is 0 Å². The average Bonchev–Trinajstić information content (AvgIpc) is 2.15. The zero-order valence-corrected chi connectivity index (χ0v) is 10.1. The standard InChI is InChI=1S/C12H27NO/c1-4-8-13-9-6-11-14-10-5-7-12(2)3/h12-13H,4-11H2,1-3H3. The molecule has 2 nitrogen and oxygen atoms in total. The van der Waals surface area contributed by atoms with E-state index in [-0.39, 0.29) is 0 Å². The second kappa shape index (κ2) is 11.0. The number of hydrogen-bond donors (Lipinski definition) is 1. The third-order valence-corrected chi connectivity index (χ3v) is 2.14. The molecule has 0 heterocycles. The van der Waals surface area contributed by atoms with Crippen molar-refractivity contribution in [3.05, 3.63) is 0 Å². The summed E-state index contributed by atoms with van der Waals surface area (Å²) in [5.41, 5.74) is 0. The molecule has 14 heavy (non-hydrogen) atoms. The van der Waals surface area contributed by atoms with E-state index in [1.165, 1.54) is 19.3 Å². The Morgan fingerprint density at radius 2 is 1.79 bits per heavy atom. The summed E-state index contributed by atoms with van der Waals surface area (Å²) in [6, 6.07) is 0. The van der Waals surface area contributed by atoms with Crippen molar-refractivity contribution in [2.24, 2.45) is 5.92 Å².